The Labute approximate surface area is 150 Å². The number of hydrogen-bond donors (Lipinski definition) is 1. The minimum atomic E-state index is -3.76. The van der Waals surface area contributed by atoms with Crippen molar-refractivity contribution in [2.45, 2.75) is 17.9 Å². The van der Waals surface area contributed by atoms with Crippen LogP contribution in [0, 0.1) is 0 Å². The number of ether oxygens (including phenoxy) is 2. The Hall–Kier alpha value is -2.23. The highest BCUT2D eigenvalue weighted by molar-refractivity contribution is 7.89. The monoisotopic (exact) mass is 379 g/mol. The molecule has 0 fully saturated rings. The number of nitrogens with one attached hydrogen (secondary N) is 1. The van der Waals surface area contributed by atoms with Crippen LogP contribution < -0.4 is 14.2 Å². The number of hydrogen-bond acceptors (Lipinski definition) is 7. The van der Waals surface area contributed by atoms with Crippen molar-refractivity contribution in [3.8, 4) is 11.5 Å². The summed E-state index contributed by atoms with van der Waals surface area (Å²) < 4.78 is 46.9. The van der Waals surface area contributed by atoms with E-state index >= 15 is 0 Å². The summed E-state index contributed by atoms with van der Waals surface area (Å²) in [6.07, 6.45) is 0. The van der Waals surface area contributed by atoms with Gasteiger partial charge in [-0.25, -0.2) is 13.1 Å². The minimum absolute atomic E-state index is 0.117. The number of nitrogens with zero attached hydrogens (tertiary/aromatic N) is 2. The summed E-state index contributed by atoms with van der Waals surface area (Å²) in [5, 5.41) is 0. The molecule has 0 saturated heterocycles. The van der Waals surface area contributed by atoms with Crippen molar-refractivity contribution in [2.75, 3.05) is 14.2 Å². The molecule has 3 rings (SSSR count). The molecule has 1 N–H and O–H groups in total. The van der Waals surface area contributed by atoms with E-state index in [4.69, 9.17) is 9.47 Å². The first kappa shape index (κ1) is 17.6. The van der Waals surface area contributed by atoms with Crippen LogP contribution in [0.25, 0.3) is 11.0 Å². The maximum atomic E-state index is 12.8. The van der Waals surface area contributed by atoms with Gasteiger partial charge in [-0.15, -0.1) is 0 Å². The number of sulfonamides is 1. The third-order valence-corrected chi connectivity index (χ3v) is 5.89. The van der Waals surface area contributed by atoms with Gasteiger partial charge in [0.1, 0.15) is 15.9 Å². The highest BCUT2D eigenvalue weighted by atomic mass is 32.2. The fraction of sp³-hybridized carbons (Fsp3) is 0.250. The SMILES string of the molecule is COc1ccc(C(C)NS(=O)(=O)c2cccc3nsnc23)cc1OC. The molecule has 9 heteroatoms. The Balaban J connectivity index is 1.92. The third kappa shape index (κ3) is 3.44. The van der Waals surface area contributed by atoms with Gasteiger partial charge in [0.05, 0.1) is 25.9 Å². The van der Waals surface area contributed by atoms with Crippen molar-refractivity contribution in [1.29, 1.82) is 0 Å². The van der Waals surface area contributed by atoms with E-state index in [0.29, 0.717) is 22.5 Å². The summed E-state index contributed by atoms with van der Waals surface area (Å²) in [6, 6.07) is 9.72. The molecular formula is C16H17N3O4S2. The highest BCUT2D eigenvalue weighted by Crippen LogP contribution is 2.30. The maximum Gasteiger partial charge on any atom is 0.243 e. The molecule has 0 saturated carbocycles. The lowest BCUT2D eigenvalue weighted by Gasteiger charge is -2.17. The van der Waals surface area contributed by atoms with Crippen molar-refractivity contribution in [2.24, 2.45) is 0 Å². The van der Waals surface area contributed by atoms with Gasteiger partial charge in [0.15, 0.2) is 11.5 Å². The first-order chi connectivity index (χ1) is 12.0. The second-order valence-electron chi connectivity index (χ2n) is 5.35. The quantitative estimate of drug-likeness (QED) is 0.708. The summed E-state index contributed by atoms with van der Waals surface area (Å²) in [7, 11) is -0.675. The molecular weight excluding hydrogens is 362 g/mol. The topological polar surface area (TPSA) is 90.4 Å². The number of benzene rings is 2. The van der Waals surface area contributed by atoms with Crippen molar-refractivity contribution in [1.82, 2.24) is 13.5 Å². The molecule has 0 spiro atoms. The Morgan fingerprint density at radius 1 is 1.08 bits per heavy atom. The largest absolute Gasteiger partial charge is 0.493 e. The molecule has 0 amide bonds. The number of methoxy groups -OCH3 is 2. The molecule has 1 atom stereocenters. The number of aromatic nitrogens is 2. The van der Waals surface area contributed by atoms with E-state index in [-0.39, 0.29) is 4.90 Å². The van der Waals surface area contributed by atoms with Crippen LogP contribution in [0.3, 0.4) is 0 Å². The zero-order chi connectivity index (χ0) is 18.0. The van der Waals surface area contributed by atoms with Gasteiger partial charge < -0.3 is 9.47 Å². The van der Waals surface area contributed by atoms with E-state index in [2.05, 4.69) is 13.5 Å². The van der Waals surface area contributed by atoms with Crippen molar-refractivity contribution in [3.63, 3.8) is 0 Å². The highest BCUT2D eigenvalue weighted by Gasteiger charge is 2.23. The van der Waals surface area contributed by atoms with Gasteiger partial charge in [0.2, 0.25) is 10.0 Å². The first-order valence-electron chi connectivity index (χ1n) is 7.42. The second kappa shape index (κ2) is 6.95. The van der Waals surface area contributed by atoms with E-state index in [1.807, 2.05) is 0 Å². The lowest BCUT2D eigenvalue weighted by atomic mass is 10.1. The average molecular weight is 379 g/mol. The normalized spacial score (nSPS) is 12.9. The lowest BCUT2D eigenvalue weighted by Crippen LogP contribution is -2.27. The first-order valence-corrected chi connectivity index (χ1v) is 9.63. The van der Waals surface area contributed by atoms with Crippen LogP contribution in [-0.4, -0.2) is 31.4 Å². The van der Waals surface area contributed by atoms with E-state index in [1.165, 1.54) is 13.2 Å². The standard InChI is InChI=1S/C16H17N3O4S2/c1-10(11-7-8-13(22-2)14(9-11)23-3)19-25(20,21)15-6-4-5-12-16(15)18-24-17-12/h4-10,19H,1-3H3. The lowest BCUT2D eigenvalue weighted by molar-refractivity contribution is 0.354. The molecule has 1 aromatic heterocycles. The van der Waals surface area contributed by atoms with Crippen LogP contribution in [0.4, 0.5) is 0 Å². The summed E-state index contributed by atoms with van der Waals surface area (Å²) in [5.74, 6) is 1.12. The fourth-order valence-corrected chi connectivity index (χ4v) is 4.48. The van der Waals surface area contributed by atoms with Crippen LogP contribution in [0.1, 0.15) is 18.5 Å². The fourth-order valence-electron chi connectivity index (χ4n) is 2.48. The second-order valence-corrected chi connectivity index (χ2v) is 7.56. The van der Waals surface area contributed by atoms with Gasteiger partial charge in [0, 0.05) is 6.04 Å². The van der Waals surface area contributed by atoms with Crippen LogP contribution >= 0.6 is 11.7 Å². The van der Waals surface area contributed by atoms with E-state index in [1.54, 1.807) is 44.4 Å². The summed E-state index contributed by atoms with van der Waals surface area (Å²) in [5.41, 5.74) is 1.69. The van der Waals surface area contributed by atoms with Crippen molar-refractivity contribution in [3.05, 3.63) is 42.0 Å². The molecule has 25 heavy (non-hydrogen) atoms. The molecule has 0 aliphatic heterocycles. The predicted octanol–water partition coefficient (Wildman–Crippen LogP) is 2.75. The molecule has 132 valence electrons. The average Bonchev–Trinajstić information content (AvgIpc) is 3.09. The molecule has 1 heterocycles. The van der Waals surface area contributed by atoms with E-state index in [0.717, 1.165) is 17.3 Å². The Morgan fingerprint density at radius 2 is 1.84 bits per heavy atom. The maximum absolute atomic E-state index is 12.8. The zero-order valence-electron chi connectivity index (χ0n) is 13.9. The smallest absolute Gasteiger partial charge is 0.243 e. The van der Waals surface area contributed by atoms with Gasteiger partial charge in [-0.3, -0.25) is 0 Å². The Morgan fingerprint density at radius 3 is 2.56 bits per heavy atom. The number of fused-ring (bicyclic) bond motifs is 1. The molecule has 7 nitrogen and oxygen atoms in total. The van der Waals surface area contributed by atoms with E-state index < -0.39 is 16.1 Å². The zero-order valence-corrected chi connectivity index (χ0v) is 15.5. The van der Waals surface area contributed by atoms with Crippen molar-refractivity contribution < 1.29 is 17.9 Å². The summed E-state index contributed by atoms with van der Waals surface area (Å²) in [4.78, 5) is 0.117. The van der Waals surface area contributed by atoms with Gasteiger partial charge >= 0.3 is 0 Å². The van der Waals surface area contributed by atoms with E-state index in [9.17, 15) is 8.42 Å². The molecule has 0 radical (unpaired) electrons. The predicted molar refractivity (Wildman–Crippen MR) is 95.7 cm³/mol. The third-order valence-electron chi connectivity index (χ3n) is 3.78. The van der Waals surface area contributed by atoms with Gasteiger partial charge in [-0.05, 0) is 36.8 Å². The molecule has 0 bridgehead atoms. The molecule has 3 aromatic rings. The van der Waals surface area contributed by atoms with Gasteiger partial charge in [-0.1, -0.05) is 12.1 Å². The van der Waals surface area contributed by atoms with Crippen molar-refractivity contribution >= 4 is 32.8 Å². The Bertz CT molecular complexity index is 1000. The molecule has 0 aliphatic carbocycles. The number of rotatable bonds is 6. The van der Waals surface area contributed by atoms with Crippen LogP contribution in [0.2, 0.25) is 0 Å². The van der Waals surface area contributed by atoms with Crippen LogP contribution in [0.15, 0.2) is 41.3 Å². The minimum Gasteiger partial charge on any atom is -0.493 e. The van der Waals surface area contributed by atoms with Crippen LogP contribution in [0.5, 0.6) is 11.5 Å². The van der Waals surface area contributed by atoms with Gasteiger partial charge in [-0.2, -0.15) is 8.75 Å². The molecule has 1 unspecified atom stereocenters. The van der Waals surface area contributed by atoms with Gasteiger partial charge in [0.25, 0.3) is 0 Å². The summed E-state index contributed by atoms with van der Waals surface area (Å²) in [6.45, 7) is 1.76. The summed E-state index contributed by atoms with van der Waals surface area (Å²) >= 11 is 0.985. The van der Waals surface area contributed by atoms with Crippen LogP contribution in [-0.2, 0) is 10.0 Å². The Kier molecular flexibility index (Phi) is 4.89. The molecule has 2 aromatic carbocycles. The molecule has 0 aliphatic rings.